The van der Waals surface area contributed by atoms with Crippen LogP contribution in [0.2, 0.25) is 0 Å². The van der Waals surface area contributed by atoms with Crippen molar-refractivity contribution in [3.63, 3.8) is 0 Å². The number of phenolic OH excluding ortho intramolecular Hbond substituents is 1. The predicted octanol–water partition coefficient (Wildman–Crippen LogP) is 6.41. The summed E-state index contributed by atoms with van der Waals surface area (Å²) < 4.78 is 61.6. The van der Waals surface area contributed by atoms with Gasteiger partial charge in [-0.25, -0.2) is 4.39 Å². The highest BCUT2D eigenvalue weighted by Gasteiger charge is 2.40. The molecule has 0 atom stereocenters. The molecular weight excluding hydrogens is 556 g/mol. The van der Waals surface area contributed by atoms with Gasteiger partial charge in [0.1, 0.15) is 17.1 Å². The number of nitrogens with zero attached hydrogens (tertiary/aromatic N) is 2. The highest BCUT2D eigenvalue weighted by Crippen LogP contribution is 2.39. The van der Waals surface area contributed by atoms with Gasteiger partial charge >= 0.3 is 6.18 Å². The number of hydrogen-bond acceptors (Lipinski definition) is 5. The van der Waals surface area contributed by atoms with E-state index in [4.69, 9.17) is 4.42 Å². The molecule has 10 heteroatoms. The van der Waals surface area contributed by atoms with Crippen molar-refractivity contribution in [1.29, 1.82) is 0 Å². The lowest BCUT2D eigenvalue weighted by atomic mass is 10.00. The summed E-state index contributed by atoms with van der Waals surface area (Å²) in [7, 11) is 0. The summed E-state index contributed by atoms with van der Waals surface area (Å²) in [6.45, 7) is 2.38. The van der Waals surface area contributed by atoms with E-state index in [1.54, 1.807) is 24.3 Å². The fraction of sp³-hybridized carbons (Fsp3) is 0.222. The zero-order chi connectivity index (χ0) is 26.3. The molecule has 0 spiro atoms. The Kier molecular flexibility index (Phi) is 6.72. The van der Waals surface area contributed by atoms with E-state index in [1.165, 1.54) is 36.4 Å². The minimum atomic E-state index is -4.93. The van der Waals surface area contributed by atoms with Crippen LogP contribution in [0.1, 0.15) is 11.3 Å². The van der Waals surface area contributed by atoms with Gasteiger partial charge in [-0.15, -0.1) is 0 Å². The maximum Gasteiger partial charge on any atom is 0.450 e. The van der Waals surface area contributed by atoms with Crippen LogP contribution in [0.4, 0.5) is 23.2 Å². The first kappa shape index (κ1) is 25.3. The van der Waals surface area contributed by atoms with Crippen LogP contribution in [0, 0.1) is 5.82 Å². The van der Waals surface area contributed by atoms with Crippen LogP contribution in [-0.2, 0) is 12.7 Å². The monoisotopic (exact) mass is 576 g/mol. The van der Waals surface area contributed by atoms with Crippen molar-refractivity contribution >= 4 is 32.6 Å². The summed E-state index contributed by atoms with van der Waals surface area (Å²) in [6, 6.07) is 14.7. The molecule has 1 aliphatic heterocycles. The molecule has 0 amide bonds. The van der Waals surface area contributed by atoms with E-state index in [9.17, 15) is 27.5 Å². The maximum absolute atomic E-state index is 14.1. The third kappa shape index (κ3) is 5.08. The molecule has 1 N–H and O–H groups in total. The number of halogens is 5. The number of benzene rings is 3. The van der Waals surface area contributed by atoms with Crippen LogP contribution in [-0.4, -0.2) is 36.2 Å². The summed E-state index contributed by atoms with van der Waals surface area (Å²) in [5.74, 6) is -1.97. The Morgan fingerprint density at radius 3 is 2.19 bits per heavy atom. The molecule has 0 aliphatic carbocycles. The number of piperazine rings is 1. The van der Waals surface area contributed by atoms with Crippen LogP contribution in [0.3, 0.4) is 0 Å². The van der Waals surface area contributed by atoms with E-state index in [-0.39, 0.29) is 40.2 Å². The number of aromatic hydroxyl groups is 1. The fourth-order valence-electron chi connectivity index (χ4n) is 4.57. The maximum atomic E-state index is 14.1. The summed E-state index contributed by atoms with van der Waals surface area (Å²) >= 11 is 3.24. The van der Waals surface area contributed by atoms with Gasteiger partial charge in [-0.2, -0.15) is 13.2 Å². The molecule has 5 nitrogen and oxygen atoms in total. The second-order valence-corrected chi connectivity index (χ2v) is 9.74. The Bertz CT molecular complexity index is 1490. The first-order valence-electron chi connectivity index (χ1n) is 11.5. The molecule has 1 aromatic heterocycles. The standard InChI is InChI=1S/C27H21BrF4N2O3/c28-17-3-1-16(2-4-17)23-24(36)20-9-10-22(35)21(25(20)37-26(23)27(30,31)32)15-33-11-13-34(14-12-33)19-7-5-18(29)6-8-19/h1-10,35H,11-15H2. The summed E-state index contributed by atoms with van der Waals surface area (Å²) in [4.78, 5) is 17.4. The van der Waals surface area contributed by atoms with Crippen LogP contribution in [0.15, 0.2) is 74.3 Å². The van der Waals surface area contributed by atoms with Crippen molar-refractivity contribution in [3.8, 4) is 16.9 Å². The molecule has 0 radical (unpaired) electrons. The third-order valence-corrected chi connectivity index (χ3v) is 7.00. The van der Waals surface area contributed by atoms with Crippen LogP contribution >= 0.6 is 15.9 Å². The van der Waals surface area contributed by atoms with E-state index in [0.717, 1.165) is 5.69 Å². The lowest BCUT2D eigenvalue weighted by molar-refractivity contribution is -0.152. The van der Waals surface area contributed by atoms with Crippen LogP contribution in [0.25, 0.3) is 22.1 Å². The van der Waals surface area contributed by atoms with Gasteiger partial charge in [0, 0.05) is 42.9 Å². The lowest BCUT2D eigenvalue weighted by Crippen LogP contribution is -2.46. The smallest absolute Gasteiger partial charge is 0.450 e. The van der Waals surface area contributed by atoms with Gasteiger partial charge < -0.3 is 14.4 Å². The van der Waals surface area contributed by atoms with Gasteiger partial charge in [0.2, 0.25) is 11.2 Å². The molecule has 1 fully saturated rings. The number of fused-ring (bicyclic) bond motifs is 1. The van der Waals surface area contributed by atoms with E-state index < -0.39 is 22.9 Å². The molecule has 5 rings (SSSR count). The van der Waals surface area contributed by atoms with Gasteiger partial charge in [0.15, 0.2) is 0 Å². The van der Waals surface area contributed by atoms with Gasteiger partial charge in [0.25, 0.3) is 0 Å². The van der Waals surface area contributed by atoms with Crippen molar-refractivity contribution in [3.05, 3.63) is 92.5 Å². The Balaban J connectivity index is 1.51. The number of alkyl halides is 3. The average molecular weight is 577 g/mol. The minimum absolute atomic E-state index is 0.0383. The molecule has 1 aliphatic rings. The van der Waals surface area contributed by atoms with Gasteiger partial charge in [-0.1, -0.05) is 28.1 Å². The molecule has 37 heavy (non-hydrogen) atoms. The van der Waals surface area contributed by atoms with Crippen molar-refractivity contribution < 1.29 is 27.1 Å². The first-order chi connectivity index (χ1) is 17.6. The topological polar surface area (TPSA) is 56.9 Å². The molecule has 1 saturated heterocycles. The number of hydrogen-bond donors (Lipinski definition) is 1. The van der Waals surface area contributed by atoms with Crippen molar-refractivity contribution in [2.45, 2.75) is 12.7 Å². The molecule has 192 valence electrons. The average Bonchev–Trinajstić information content (AvgIpc) is 2.87. The number of anilines is 1. The molecular formula is C27H21BrF4N2O3. The number of phenols is 1. The van der Waals surface area contributed by atoms with Crippen LogP contribution < -0.4 is 10.3 Å². The normalized spacial score (nSPS) is 14.9. The van der Waals surface area contributed by atoms with Crippen molar-refractivity contribution in [2.24, 2.45) is 0 Å². The minimum Gasteiger partial charge on any atom is -0.507 e. The highest BCUT2D eigenvalue weighted by molar-refractivity contribution is 9.10. The van der Waals surface area contributed by atoms with E-state index in [1.807, 2.05) is 4.90 Å². The van der Waals surface area contributed by atoms with Gasteiger partial charge in [-0.05, 0) is 54.1 Å². The Hall–Kier alpha value is -3.37. The SMILES string of the molecule is O=c1c(-c2ccc(Br)cc2)c(C(F)(F)F)oc2c(CN3CCN(c4ccc(F)cc4)CC3)c(O)ccc12. The molecule has 0 saturated carbocycles. The quantitative estimate of drug-likeness (QED) is 0.285. The molecule has 3 aromatic carbocycles. The van der Waals surface area contributed by atoms with E-state index >= 15 is 0 Å². The number of rotatable bonds is 4. The zero-order valence-electron chi connectivity index (χ0n) is 19.4. The van der Waals surface area contributed by atoms with Gasteiger partial charge in [-0.3, -0.25) is 9.69 Å². The third-order valence-electron chi connectivity index (χ3n) is 6.47. The predicted molar refractivity (Wildman–Crippen MR) is 136 cm³/mol. The molecule has 0 unspecified atom stereocenters. The summed E-state index contributed by atoms with van der Waals surface area (Å²) in [5.41, 5.74) is -0.597. The second-order valence-electron chi connectivity index (χ2n) is 8.82. The Morgan fingerprint density at radius 2 is 1.57 bits per heavy atom. The summed E-state index contributed by atoms with van der Waals surface area (Å²) in [5, 5.41) is 10.5. The lowest BCUT2D eigenvalue weighted by Gasteiger charge is -2.36. The second kappa shape index (κ2) is 9.83. The van der Waals surface area contributed by atoms with Crippen molar-refractivity contribution in [1.82, 2.24) is 4.90 Å². The Labute approximate surface area is 217 Å². The molecule has 4 aromatic rings. The van der Waals surface area contributed by atoms with Gasteiger partial charge in [0.05, 0.1) is 16.5 Å². The fourth-order valence-corrected chi connectivity index (χ4v) is 4.84. The van der Waals surface area contributed by atoms with Crippen molar-refractivity contribution in [2.75, 3.05) is 31.1 Å². The van der Waals surface area contributed by atoms with E-state index in [0.29, 0.717) is 30.7 Å². The summed E-state index contributed by atoms with van der Waals surface area (Å²) in [6.07, 6.45) is -4.93. The zero-order valence-corrected chi connectivity index (χ0v) is 20.9. The molecule has 0 bridgehead atoms. The largest absolute Gasteiger partial charge is 0.507 e. The molecule has 2 heterocycles. The van der Waals surface area contributed by atoms with Crippen LogP contribution in [0.5, 0.6) is 5.75 Å². The first-order valence-corrected chi connectivity index (χ1v) is 12.3. The Morgan fingerprint density at radius 1 is 0.919 bits per heavy atom. The highest BCUT2D eigenvalue weighted by atomic mass is 79.9. The van der Waals surface area contributed by atoms with E-state index in [2.05, 4.69) is 20.8 Å².